The van der Waals surface area contributed by atoms with Crippen molar-refractivity contribution in [3.05, 3.63) is 35.1 Å². The number of methoxy groups -OCH3 is 2. The standard InChI is InChI=1S/C18H20N2O4/c1-22-13-7-6-10(8-15(13)23-2)16-11(9-19)18(20)24-14-5-3-4-12(21)17(14)16/h6-8,11,16,18H,3-5,20H2,1-2H3/t11-,16+,18-/m0/s1. The summed E-state index contributed by atoms with van der Waals surface area (Å²) in [6.07, 6.45) is 1.15. The van der Waals surface area contributed by atoms with Gasteiger partial charge in [0.05, 0.1) is 20.3 Å². The molecule has 2 N–H and O–H groups in total. The Morgan fingerprint density at radius 1 is 1.25 bits per heavy atom. The Hall–Kier alpha value is -2.52. The van der Waals surface area contributed by atoms with Crippen LogP contribution in [0, 0.1) is 17.2 Å². The predicted octanol–water partition coefficient (Wildman–Crippen LogP) is 2.25. The molecule has 0 radical (unpaired) electrons. The summed E-state index contributed by atoms with van der Waals surface area (Å²) in [4.78, 5) is 12.5. The largest absolute Gasteiger partial charge is 0.493 e. The number of ketones is 1. The summed E-state index contributed by atoms with van der Waals surface area (Å²) in [5.74, 6) is 0.755. The third-order valence-corrected chi connectivity index (χ3v) is 4.63. The first-order valence-electron chi connectivity index (χ1n) is 7.90. The number of benzene rings is 1. The molecule has 6 heteroatoms. The minimum Gasteiger partial charge on any atom is -0.493 e. The molecule has 3 rings (SSSR count). The summed E-state index contributed by atoms with van der Waals surface area (Å²) in [6.45, 7) is 0. The molecule has 1 aromatic rings. The van der Waals surface area contributed by atoms with Crippen LogP contribution in [0.15, 0.2) is 29.5 Å². The van der Waals surface area contributed by atoms with Gasteiger partial charge in [0.25, 0.3) is 0 Å². The normalized spacial score (nSPS) is 26.2. The highest BCUT2D eigenvalue weighted by atomic mass is 16.5. The van der Waals surface area contributed by atoms with Crippen LogP contribution in [-0.4, -0.2) is 26.2 Å². The van der Waals surface area contributed by atoms with Crippen LogP contribution >= 0.6 is 0 Å². The van der Waals surface area contributed by atoms with E-state index in [9.17, 15) is 10.1 Å². The minimum absolute atomic E-state index is 0.0307. The maximum Gasteiger partial charge on any atom is 0.164 e. The number of nitriles is 1. The van der Waals surface area contributed by atoms with Crippen LogP contribution in [0.1, 0.15) is 30.7 Å². The molecule has 1 aliphatic heterocycles. The van der Waals surface area contributed by atoms with Crippen molar-refractivity contribution >= 4 is 5.78 Å². The molecule has 0 bridgehead atoms. The van der Waals surface area contributed by atoms with E-state index in [0.717, 1.165) is 12.0 Å². The number of hydrogen-bond donors (Lipinski definition) is 1. The van der Waals surface area contributed by atoms with Gasteiger partial charge in [0.15, 0.2) is 23.5 Å². The van der Waals surface area contributed by atoms with Crippen molar-refractivity contribution in [2.24, 2.45) is 11.7 Å². The number of rotatable bonds is 3. The molecule has 6 nitrogen and oxygen atoms in total. The molecule has 0 saturated heterocycles. The second-order valence-corrected chi connectivity index (χ2v) is 5.94. The third kappa shape index (κ3) is 2.61. The molecule has 2 aliphatic rings. The Bertz CT molecular complexity index is 735. The molecule has 1 aromatic carbocycles. The summed E-state index contributed by atoms with van der Waals surface area (Å²) in [5.41, 5.74) is 7.44. The fourth-order valence-corrected chi connectivity index (χ4v) is 3.48. The monoisotopic (exact) mass is 328 g/mol. The van der Waals surface area contributed by atoms with E-state index < -0.39 is 18.1 Å². The van der Waals surface area contributed by atoms with E-state index in [-0.39, 0.29) is 5.78 Å². The fourth-order valence-electron chi connectivity index (χ4n) is 3.48. The van der Waals surface area contributed by atoms with E-state index >= 15 is 0 Å². The first kappa shape index (κ1) is 16.3. The Morgan fingerprint density at radius 2 is 2.00 bits per heavy atom. The Balaban J connectivity index is 2.14. The van der Waals surface area contributed by atoms with E-state index in [1.54, 1.807) is 26.4 Å². The van der Waals surface area contributed by atoms with Crippen molar-refractivity contribution in [3.63, 3.8) is 0 Å². The van der Waals surface area contributed by atoms with Crippen LogP contribution < -0.4 is 15.2 Å². The number of hydrogen-bond acceptors (Lipinski definition) is 6. The molecule has 0 unspecified atom stereocenters. The Kier molecular flexibility index (Phi) is 4.45. The van der Waals surface area contributed by atoms with Gasteiger partial charge in [-0.2, -0.15) is 5.26 Å². The topological polar surface area (TPSA) is 94.6 Å². The van der Waals surface area contributed by atoms with E-state index in [0.29, 0.717) is 35.7 Å². The van der Waals surface area contributed by atoms with Gasteiger partial charge >= 0.3 is 0 Å². The lowest BCUT2D eigenvalue weighted by Crippen LogP contribution is -2.42. The highest BCUT2D eigenvalue weighted by molar-refractivity contribution is 5.98. The van der Waals surface area contributed by atoms with Crippen molar-refractivity contribution in [3.8, 4) is 17.6 Å². The smallest absolute Gasteiger partial charge is 0.164 e. The summed E-state index contributed by atoms with van der Waals surface area (Å²) in [5, 5.41) is 9.60. The number of carbonyl (C=O) groups is 1. The maximum absolute atomic E-state index is 12.5. The van der Waals surface area contributed by atoms with Gasteiger partial charge in [-0.05, 0) is 24.1 Å². The second kappa shape index (κ2) is 6.54. The quantitative estimate of drug-likeness (QED) is 0.914. The van der Waals surface area contributed by atoms with E-state index in [4.69, 9.17) is 19.9 Å². The lowest BCUT2D eigenvalue weighted by molar-refractivity contribution is -0.117. The van der Waals surface area contributed by atoms with E-state index in [1.165, 1.54) is 0 Å². The molecule has 0 amide bonds. The molecule has 1 aliphatic carbocycles. The molecule has 0 spiro atoms. The number of nitrogens with zero attached hydrogens (tertiary/aromatic N) is 1. The zero-order valence-electron chi connectivity index (χ0n) is 13.7. The SMILES string of the molecule is COc1ccc([C@H]2C3=C(CCCC3=O)O[C@H](N)[C@H]2C#N)cc1OC. The van der Waals surface area contributed by atoms with E-state index in [2.05, 4.69) is 6.07 Å². The lowest BCUT2D eigenvalue weighted by atomic mass is 9.73. The van der Waals surface area contributed by atoms with Crippen molar-refractivity contribution < 1.29 is 19.0 Å². The summed E-state index contributed by atoms with van der Waals surface area (Å²) in [6, 6.07) is 7.64. The van der Waals surface area contributed by atoms with Crippen molar-refractivity contribution in [1.82, 2.24) is 0 Å². The fraction of sp³-hybridized carbons (Fsp3) is 0.444. The highest BCUT2D eigenvalue weighted by Gasteiger charge is 2.43. The molecule has 3 atom stereocenters. The van der Waals surface area contributed by atoms with Gasteiger partial charge in [0.2, 0.25) is 0 Å². The van der Waals surface area contributed by atoms with Gasteiger partial charge < -0.3 is 14.2 Å². The van der Waals surface area contributed by atoms with Crippen molar-refractivity contribution in [2.45, 2.75) is 31.4 Å². The predicted molar refractivity (Wildman–Crippen MR) is 86.3 cm³/mol. The number of nitrogens with two attached hydrogens (primary N) is 1. The van der Waals surface area contributed by atoms with Crippen molar-refractivity contribution in [2.75, 3.05) is 14.2 Å². The molecular formula is C18H20N2O4. The molecule has 24 heavy (non-hydrogen) atoms. The van der Waals surface area contributed by atoms with Gasteiger partial charge in [-0.1, -0.05) is 6.07 Å². The number of allylic oxidation sites excluding steroid dienone is 2. The van der Waals surface area contributed by atoms with E-state index in [1.807, 2.05) is 6.07 Å². The lowest BCUT2D eigenvalue weighted by Gasteiger charge is -2.37. The maximum atomic E-state index is 12.5. The van der Waals surface area contributed by atoms with Crippen LogP contribution in [0.4, 0.5) is 0 Å². The van der Waals surface area contributed by atoms with Gasteiger partial charge in [0, 0.05) is 24.3 Å². The zero-order chi connectivity index (χ0) is 17.3. The van der Waals surface area contributed by atoms with Gasteiger partial charge in [-0.3, -0.25) is 10.5 Å². The molecular weight excluding hydrogens is 308 g/mol. The minimum atomic E-state index is -0.752. The average molecular weight is 328 g/mol. The molecule has 126 valence electrons. The van der Waals surface area contributed by atoms with Crippen LogP contribution in [-0.2, 0) is 9.53 Å². The Morgan fingerprint density at radius 3 is 2.67 bits per heavy atom. The van der Waals surface area contributed by atoms with Gasteiger partial charge in [0.1, 0.15) is 11.7 Å². The van der Waals surface area contributed by atoms with Crippen LogP contribution in [0.3, 0.4) is 0 Å². The van der Waals surface area contributed by atoms with Crippen molar-refractivity contribution in [1.29, 1.82) is 5.26 Å². The summed E-state index contributed by atoms with van der Waals surface area (Å²) >= 11 is 0. The average Bonchev–Trinajstić information content (AvgIpc) is 2.60. The summed E-state index contributed by atoms with van der Waals surface area (Å²) < 4.78 is 16.3. The van der Waals surface area contributed by atoms with Crippen LogP contribution in [0.2, 0.25) is 0 Å². The summed E-state index contributed by atoms with van der Waals surface area (Å²) in [7, 11) is 3.11. The molecule has 0 aromatic heterocycles. The van der Waals surface area contributed by atoms with Gasteiger partial charge in [-0.25, -0.2) is 0 Å². The Labute approximate surface area is 140 Å². The number of carbonyl (C=O) groups excluding carboxylic acids is 1. The van der Waals surface area contributed by atoms with Crippen LogP contribution in [0.5, 0.6) is 11.5 Å². The number of ether oxygens (including phenoxy) is 3. The zero-order valence-corrected chi connectivity index (χ0v) is 13.7. The first-order chi connectivity index (χ1) is 11.6. The molecule has 0 fully saturated rings. The first-order valence-corrected chi connectivity index (χ1v) is 7.90. The highest BCUT2D eigenvalue weighted by Crippen LogP contribution is 2.45. The third-order valence-electron chi connectivity index (χ3n) is 4.63. The molecule has 1 heterocycles. The van der Waals surface area contributed by atoms with Gasteiger partial charge in [-0.15, -0.1) is 0 Å². The molecule has 0 saturated carbocycles. The second-order valence-electron chi connectivity index (χ2n) is 5.94. The van der Waals surface area contributed by atoms with Crippen LogP contribution in [0.25, 0.3) is 0 Å². The number of Topliss-reactive ketones (excluding diaryl/α,β-unsaturated/α-hetero) is 1.